The SMILES string of the molecule is COc1ccc(-c2cc(-c3ccccc3)[nH]c(=O)c2-c2ccccc2)cc1. The smallest absolute Gasteiger partial charge is 0.256 e. The van der Waals surface area contributed by atoms with Crippen molar-refractivity contribution in [3.8, 4) is 39.3 Å². The molecular weight excluding hydrogens is 334 g/mol. The molecule has 27 heavy (non-hydrogen) atoms. The summed E-state index contributed by atoms with van der Waals surface area (Å²) in [6.45, 7) is 0. The maximum Gasteiger partial charge on any atom is 0.256 e. The van der Waals surface area contributed by atoms with Gasteiger partial charge in [0.2, 0.25) is 0 Å². The van der Waals surface area contributed by atoms with Crippen LogP contribution in [-0.2, 0) is 0 Å². The Morgan fingerprint density at radius 3 is 1.89 bits per heavy atom. The van der Waals surface area contributed by atoms with E-state index in [9.17, 15) is 4.79 Å². The number of hydrogen-bond donors (Lipinski definition) is 1. The number of nitrogens with one attached hydrogen (secondary N) is 1. The van der Waals surface area contributed by atoms with E-state index in [1.54, 1.807) is 7.11 Å². The van der Waals surface area contributed by atoms with Crippen LogP contribution in [0.1, 0.15) is 0 Å². The van der Waals surface area contributed by atoms with Crippen molar-refractivity contribution < 1.29 is 4.74 Å². The Kier molecular flexibility index (Phi) is 4.58. The average molecular weight is 353 g/mol. The molecule has 0 aliphatic rings. The fourth-order valence-corrected chi connectivity index (χ4v) is 3.22. The molecule has 4 aromatic rings. The van der Waals surface area contributed by atoms with Gasteiger partial charge in [-0.25, -0.2) is 0 Å². The fraction of sp³-hybridized carbons (Fsp3) is 0.0417. The second-order valence-electron chi connectivity index (χ2n) is 6.26. The predicted octanol–water partition coefficient (Wildman–Crippen LogP) is 5.38. The third-order valence-corrected chi connectivity index (χ3v) is 4.58. The van der Waals surface area contributed by atoms with Crippen LogP contribution < -0.4 is 10.3 Å². The Balaban J connectivity index is 1.97. The number of benzene rings is 3. The molecule has 0 saturated heterocycles. The minimum atomic E-state index is -0.103. The molecule has 132 valence electrons. The van der Waals surface area contributed by atoms with Crippen molar-refractivity contribution >= 4 is 0 Å². The van der Waals surface area contributed by atoms with Gasteiger partial charge in [-0.05, 0) is 40.5 Å². The minimum absolute atomic E-state index is 0.103. The highest BCUT2D eigenvalue weighted by Crippen LogP contribution is 2.32. The molecule has 3 aromatic carbocycles. The highest BCUT2D eigenvalue weighted by Gasteiger charge is 2.14. The van der Waals surface area contributed by atoms with Gasteiger partial charge >= 0.3 is 0 Å². The predicted molar refractivity (Wildman–Crippen MR) is 110 cm³/mol. The number of H-pyrrole nitrogens is 1. The number of methoxy groups -OCH3 is 1. The molecule has 0 saturated carbocycles. The second-order valence-corrected chi connectivity index (χ2v) is 6.26. The maximum absolute atomic E-state index is 13.1. The van der Waals surface area contributed by atoms with Gasteiger partial charge in [-0.15, -0.1) is 0 Å². The summed E-state index contributed by atoms with van der Waals surface area (Å²) in [6, 6.07) is 29.4. The minimum Gasteiger partial charge on any atom is -0.497 e. The number of aromatic amines is 1. The van der Waals surface area contributed by atoms with E-state index in [1.807, 2.05) is 91.0 Å². The molecule has 1 heterocycles. The molecule has 3 nitrogen and oxygen atoms in total. The standard InChI is InChI=1S/C24H19NO2/c1-27-20-14-12-17(13-15-20)21-16-22(18-8-4-2-5-9-18)25-24(26)23(21)19-10-6-3-7-11-19/h2-16H,1H3,(H,25,26). The molecule has 1 N–H and O–H groups in total. The summed E-state index contributed by atoms with van der Waals surface area (Å²) < 4.78 is 5.27. The normalized spacial score (nSPS) is 10.6. The Hall–Kier alpha value is -3.59. The third-order valence-electron chi connectivity index (χ3n) is 4.58. The lowest BCUT2D eigenvalue weighted by Gasteiger charge is -2.13. The van der Waals surface area contributed by atoms with Gasteiger partial charge in [0.25, 0.3) is 5.56 Å². The van der Waals surface area contributed by atoms with Crippen LogP contribution in [0, 0.1) is 0 Å². The Labute approximate surface area is 157 Å². The zero-order chi connectivity index (χ0) is 18.6. The summed E-state index contributed by atoms with van der Waals surface area (Å²) in [4.78, 5) is 16.1. The van der Waals surface area contributed by atoms with Gasteiger partial charge in [0.15, 0.2) is 0 Å². The molecule has 0 bridgehead atoms. The van der Waals surface area contributed by atoms with Crippen molar-refractivity contribution in [2.45, 2.75) is 0 Å². The van der Waals surface area contributed by atoms with Crippen molar-refractivity contribution in [2.75, 3.05) is 7.11 Å². The first-order chi connectivity index (χ1) is 13.3. The van der Waals surface area contributed by atoms with Crippen molar-refractivity contribution in [3.05, 3.63) is 101 Å². The van der Waals surface area contributed by atoms with E-state index in [1.165, 1.54) is 0 Å². The molecule has 0 amide bonds. The van der Waals surface area contributed by atoms with Gasteiger partial charge in [0.05, 0.1) is 12.7 Å². The molecule has 0 aliphatic carbocycles. The van der Waals surface area contributed by atoms with Crippen LogP contribution in [0.4, 0.5) is 0 Å². The van der Waals surface area contributed by atoms with Gasteiger partial charge in [-0.1, -0.05) is 72.8 Å². The van der Waals surface area contributed by atoms with Crippen molar-refractivity contribution in [3.63, 3.8) is 0 Å². The van der Waals surface area contributed by atoms with Crippen molar-refractivity contribution in [1.82, 2.24) is 4.98 Å². The lowest BCUT2D eigenvalue weighted by atomic mass is 9.94. The van der Waals surface area contributed by atoms with Crippen LogP contribution in [0.25, 0.3) is 33.5 Å². The van der Waals surface area contributed by atoms with Gasteiger partial charge in [-0.2, -0.15) is 0 Å². The second kappa shape index (κ2) is 7.34. The van der Waals surface area contributed by atoms with Crippen LogP contribution >= 0.6 is 0 Å². The van der Waals surface area contributed by atoms with E-state index in [0.717, 1.165) is 33.7 Å². The molecule has 0 spiro atoms. The molecule has 3 heteroatoms. The third kappa shape index (κ3) is 3.40. The first-order valence-electron chi connectivity index (χ1n) is 8.79. The van der Waals surface area contributed by atoms with Gasteiger partial charge < -0.3 is 9.72 Å². The van der Waals surface area contributed by atoms with Crippen LogP contribution in [0.15, 0.2) is 95.8 Å². The molecule has 0 fully saturated rings. The van der Waals surface area contributed by atoms with E-state index < -0.39 is 0 Å². The van der Waals surface area contributed by atoms with Crippen LogP contribution in [-0.4, -0.2) is 12.1 Å². The summed E-state index contributed by atoms with van der Waals surface area (Å²) in [5.74, 6) is 0.785. The Morgan fingerprint density at radius 2 is 1.30 bits per heavy atom. The van der Waals surface area contributed by atoms with Crippen LogP contribution in [0.5, 0.6) is 5.75 Å². The number of aromatic nitrogens is 1. The van der Waals surface area contributed by atoms with E-state index in [4.69, 9.17) is 4.74 Å². The molecule has 0 radical (unpaired) electrons. The summed E-state index contributed by atoms with van der Waals surface area (Å²) in [5.41, 5.74) is 5.09. The number of pyridine rings is 1. The van der Waals surface area contributed by atoms with Gasteiger partial charge in [0.1, 0.15) is 5.75 Å². The molecule has 0 atom stereocenters. The van der Waals surface area contributed by atoms with Gasteiger partial charge in [-0.3, -0.25) is 4.79 Å². The van der Waals surface area contributed by atoms with E-state index in [-0.39, 0.29) is 5.56 Å². The summed E-state index contributed by atoms with van der Waals surface area (Å²) in [6.07, 6.45) is 0. The van der Waals surface area contributed by atoms with Crippen LogP contribution in [0.2, 0.25) is 0 Å². The number of rotatable bonds is 4. The molecular formula is C24H19NO2. The largest absolute Gasteiger partial charge is 0.497 e. The fourth-order valence-electron chi connectivity index (χ4n) is 3.22. The molecule has 1 aromatic heterocycles. The maximum atomic E-state index is 13.1. The number of ether oxygens (including phenoxy) is 1. The Morgan fingerprint density at radius 1 is 0.704 bits per heavy atom. The molecule has 0 unspecified atom stereocenters. The lowest BCUT2D eigenvalue weighted by molar-refractivity contribution is 0.415. The topological polar surface area (TPSA) is 42.1 Å². The zero-order valence-corrected chi connectivity index (χ0v) is 15.0. The number of hydrogen-bond acceptors (Lipinski definition) is 2. The molecule has 4 rings (SSSR count). The summed E-state index contributed by atoms with van der Waals surface area (Å²) in [7, 11) is 1.64. The van der Waals surface area contributed by atoms with E-state index in [0.29, 0.717) is 5.56 Å². The van der Waals surface area contributed by atoms with E-state index >= 15 is 0 Å². The van der Waals surface area contributed by atoms with Crippen LogP contribution in [0.3, 0.4) is 0 Å². The average Bonchev–Trinajstić information content (AvgIpc) is 2.74. The monoisotopic (exact) mass is 353 g/mol. The highest BCUT2D eigenvalue weighted by atomic mass is 16.5. The molecule has 0 aliphatic heterocycles. The van der Waals surface area contributed by atoms with Crippen molar-refractivity contribution in [2.24, 2.45) is 0 Å². The van der Waals surface area contributed by atoms with Crippen molar-refractivity contribution in [1.29, 1.82) is 0 Å². The zero-order valence-electron chi connectivity index (χ0n) is 15.0. The summed E-state index contributed by atoms with van der Waals surface area (Å²) in [5, 5.41) is 0. The quantitative estimate of drug-likeness (QED) is 0.535. The Bertz CT molecular complexity index is 1100. The summed E-state index contributed by atoms with van der Waals surface area (Å²) >= 11 is 0. The van der Waals surface area contributed by atoms with E-state index in [2.05, 4.69) is 4.98 Å². The first-order valence-corrected chi connectivity index (χ1v) is 8.79. The first kappa shape index (κ1) is 16.9. The van der Waals surface area contributed by atoms with Gasteiger partial charge in [0, 0.05) is 5.69 Å². The highest BCUT2D eigenvalue weighted by molar-refractivity contribution is 5.85. The lowest BCUT2D eigenvalue weighted by Crippen LogP contribution is -2.11.